The fourth-order valence-electron chi connectivity index (χ4n) is 3.38. The van der Waals surface area contributed by atoms with Crippen molar-refractivity contribution in [2.45, 2.75) is 58.7 Å². The van der Waals surface area contributed by atoms with Crippen molar-refractivity contribution in [1.82, 2.24) is 0 Å². The van der Waals surface area contributed by atoms with Crippen LogP contribution in [0.2, 0.25) is 0 Å². The molecule has 0 amide bonds. The summed E-state index contributed by atoms with van der Waals surface area (Å²) in [5.74, 6) is 0. The summed E-state index contributed by atoms with van der Waals surface area (Å²) in [5, 5.41) is 0. The summed E-state index contributed by atoms with van der Waals surface area (Å²) in [5.41, 5.74) is 2.54. The first-order valence-electron chi connectivity index (χ1n) is 7.08. The molecule has 1 fully saturated rings. The number of hydrogen-bond acceptors (Lipinski definition) is 2. The van der Waals surface area contributed by atoms with Crippen molar-refractivity contribution in [2.75, 3.05) is 0 Å². The monoisotopic (exact) mass is 260 g/mol. The average molecular weight is 260 g/mol. The molecular formula is C17H24O2. The zero-order valence-electron chi connectivity index (χ0n) is 12.4. The quantitative estimate of drug-likeness (QED) is 0.332. The molecule has 104 valence electrons. The smallest absolute Gasteiger partial charge is 0.143 e. The third-order valence-corrected chi connectivity index (χ3v) is 4.36. The number of ether oxygens (including phenoxy) is 1. The van der Waals surface area contributed by atoms with Crippen molar-refractivity contribution in [3.8, 4) is 0 Å². The molecule has 2 heteroatoms. The van der Waals surface area contributed by atoms with E-state index in [0.29, 0.717) is 0 Å². The van der Waals surface area contributed by atoms with Crippen LogP contribution in [0.4, 0.5) is 0 Å². The largest absolute Gasteiger partial charge is 0.359 e. The molecule has 2 atom stereocenters. The van der Waals surface area contributed by atoms with Gasteiger partial charge in [0.05, 0.1) is 11.7 Å². The molecule has 0 bridgehead atoms. The Labute approximate surface area is 116 Å². The Morgan fingerprint density at radius 1 is 1.37 bits per heavy atom. The van der Waals surface area contributed by atoms with Crippen molar-refractivity contribution in [3.05, 3.63) is 35.5 Å². The first kappa shape index (κ1) is 14.3. The van der Waals surface area contributed by atoms with Gasteiger partial charge >= 0.3 is 0 Å². The van der Waals surface area contributed by atoms with Gasteiger partial charge in [0.25, 0.3) is 0 Å². The van der Waals surface area contributed by atoms with Gasteiger partial charge in [-0.25, -0.2) is 0 Å². The topological polar surface area (TPSA) is 26.3 Å². The summed E-state index contributed by atoms with van der Waals surface area (Å²) < 4.78 is 6.22. The summed E-state index contributed by atoms with van der Waals surface area (Å²) >= 11 is 0. The van der Waals surface area contributed by atoms with E-state index in [1.54, 1.807) is 6.08 Å². The normalized spacial score (nSPS) is 34.2. The molecule has 0 aromatic rings. The van der Waals surface area contributed by atoms with Crippen LogP contribution in [0, 0.1) is 5.41 Å². The third-order valence-electron chi connectivity index (χ3n) is 4.36. The van der Waals surface area contributed by atoms with Crippen LogP contribution in [0.1, 0.15) is 47.0 Å². The van der Waals surface area contributed by atoms with Crippen molar-refractivity contribution < 1.29 is 9.53 Å². The summed E-state index contributed by atoms with van der Waals surface area (Å²) in [6.45, 7) is 8.75. The molecular weight excluding hydrogens is 236 g/mol. The minimum absolute atomic E-state index is 0.0346. The highest BCUT2D eigenvalue weighted by molar-refractivity contribution is 5.66. The number of allylic oxidation sites excluding steroid dienone is 3. The first-order chi connectivity index (χ1) is 8.87. The van der Waals surface area contributed by atoms with Gasteiger partial charge in [-0.1, -0.05) is 26.0 Å². The van der Waals surface area contributed by atoms with Crippen LogP contribution in [-0.2, 0) is 9.53 Å². The second kappa shape index (κ2) is 5.09. The molecule has 2 rings (SSSR count). The Kier molecular flexibility index (Phi) is 3.82. The Balaban J connectivity index is 2.18. The molecule has 0 saturated heterocycles. The Bertz CT molecular complexity index is 454. The molecule has 2 unspecified atom stereocenters. The lowest BCUT2D eigenvalue weighted by Crippen LogP contribution is -2.39. The molecule has 0 spiro atoms. The standard InChI is InChI=1S/C17H24O2/c1-13(8-11-18)6-7-14-12-15-16(2,3)9-5-10-17(15,4)19-14/h6-8,11-12,14H,5,9-10H2,1-4H3/b7-6+,13-8+. The number of fused-ring (bicyclic) bond motifs is 1. The van der Waals surface area contributed by atoms with Gasteiger partial charge in [0.15, 0.2) is 0 Å². The Hall–Kier alpha value is -1.15. The highest BCUT2D eigenvalue weighted by Gasteiger charge is 2.46. The Morgan fingerprint density at radius 2 is 2.11 bits per heavy atom. The predicted molar refractivity (Wildman–Crippen MR) is 78.0 cm³/mol. The van der Waals surface area contributed by atoms with Crippen molar-refractivity contribution in [2.24, 2.45) is 5.41 Å². The van der Waals surface area contributed by atoms with Crippen LogP contribution in [0.3, 0.4) is 0 Å². The molecule has 2 aliphatic rings. The van der Waals surface area contributed by atoms with Gasteiger partial charge in [-0.15, -0.1) is 0 Å². The van der Waals surface area contributed by atoms with Gasteiger partial charge in [0.2, 0.25) is 0 Å². The third kappa shape index (κ3) is 2.89. The highest BCUT2D eigenvalue weighted by Crippen LogP contribution is 2.51. The molecule has 1 saturated carbocycles. The summed E-state index contributed by atoms with van der Waals surface area (Å²) in [7, 11) is 0. The van der Waals surface area contributed by atoms with Gasteiger partial charge < -0.3 is 4.74 Å². The lowest BCUT2D eigenvalue weighted by Gasteiger charge is -2.42. The lowest BCUT2D eigenvalue weighted by atomic mass is 9.67. The summed E-state index contributed by atoms with van der Waals surface area (Å²) in [6, 6.07) is 0. The first-order valence-corrected chi connectivity index (χ1v) is 7.08. The zero-order chi connectivity index (χ0) is 14.1. The van der Waals surface area contributed by atoms with E-state index in [1.807, 2.05) is 19.1 Å². The van der Waals surface area contributed by atoms with Crippen molar-refractivity contribution in [3.63, 3.8) is 0 Å². The second-order valence-electron chi connectivity index (χ2n) is 6.54. The van der Waals surface area contributed by atoms with Crippen LogP contribution in [-0.4, -0.2) is 18.0 Å². The summed E-state index contributed by atoms with van der Waals surface area (Å²) in [6.07, 6.45) is 12.3. The molecule has 0 aromatic carbocycles. The molecule has 1 aliphatic heterocycles. The van der Waals surface area contributed by atoms with Crippen LogP contribution < -0.4 is 0 Å². The van der Waals surface area contributed by atoms with Crippen LogP contribution in [0.5, 0.6) is 0 Å². The van der Waals surface area contributed by atoms with E-state index in [-0.39, 0.29) is 17.1 Å². The minimum Gasteiger partial charge on any atom is -0.359 e. The average Bonchev–Trinajstić information content (AvgIpc) is 2.65. The van der Waals surface area contributed by atoms with E-state index in [2.05, 4.69) is 26.8 Å². The second-order valence-corrected chi connectivity index (χ2v) is 6.54. The van der Waals surface area contributed by atoms with E-state index in [0.717, 1.165) is 18.3 Å². The van der Waals surface area contributed by atoms with Crippen molar-refractivity contribution >= 4 is 6.29 Å². The zero-order valence-corrected chi connectivity index (χ0v) is 12.4. The molecule has 0 aromatic heterocycles. The molecule has 19 heavy (non-hydrogen) atoms. The molecule has 0 N–H and O–H groups in total. The van der Waals surface area contributed by atoms with E-state index < -0.39 is 0 Å². The van der Waals surface area contributed by atoms with Gasteiger partial charge in [-0.2, -0.15) is 0 Å². The maximum atomic E-state index is 10.4. The van der Waals surface area contributed by atoms with E-state index in [9.17, 15) is 4.79 Å². The molecule has 1 heterocycles. The van der Waals surface area contributed by atoms with Gasteiger partial charge in [-0.3, -0.25) is 4.79 Å². The minimum atomic E-state index is -0.0982. The number of rotatable bonds is 3. The SMILES string of the molecule is CC(/C=C/C1C=C2C(C)(C)CCCC2(C)O1)=C\C=O. The van der Waals surface area contributed by atoms with Gasteiger partial charge in [0, 0.05) is 0 Å². The maximum absolute atomic E-state index is 10.4. The fraction of sp³-hybridized carbons (Fsp3) is 0.588. The number of carbonyl (C=O) groups is 1. The van der Waals surface area contributed by atoms with E-state index >= 15 is 0 Å². The van der Waals surface area contributed by atoms with Crippen LogP contribution in [0.25, 0.3) is 0 Å². The molecule has 1 aliphatic carbocycles. The number of carbonyl (C=O) groups excluding carboxylic acids is 1. The fourth-order valence-corrected chi connectivity index (χ4v) is 3.38. The molecule has 2 nitrogen and oxygen atoms in total. The van der Waals surface area contributed by atoms with Crippen LogP contribution in [0.15, 0.2) is 35.5 Å². The number of aldehydes is 1. The lowest BCUT2D eigenvalue weighted by molar-refractivity contribution is -0.104. The van der Waals surface area contributed by atoms with Gasteiger partial charge in [0.1, 0.15) is 6.29 Å². The highest BCUT2D eigenvalue weighted by atomic mass is 16.5. The Morgan fingerprint density at radius 3 is 2.74 bits per heavy atom. The number of hydrogen-bond donors (Lipinski definition) is 0. The maximum Gasteiger partial charge on any atom is 0.143 e. The van der Waals surface area contributed by atoms with Crippen molar-refractivity contribution in [1.29, 1.82) is 0 Å². The van der Waals surface area contributed by atoms with Crippen LogP contribution >= 0.6 is 0 Å². The molecule has 0 radical (unpaired) electrons. The predicted octanol–water partition coefficient (Wildman–Crippen LogP) is 3.98. The summed E-state index contributed by atoms with van der Waals surface area (Å²) in [4.78, 5) is 10.4. The van der Waals surface area contributed by atoms with E-state index in [1.165, 1.54) is 18.4 Å². The van der Waals surface area contributed by atoms with E-state index in [4.69, 9.17) is 4.74 Å². The van der Waals surface area contributed by atoms with Gasteiger partial charge in [-0.05, 0) is 61.8 Å².